The highest BCUT2D eigenvalue weighted by Gasteiger charge is 2.13. The largest absolute Gasteiger partial charge is 0.396 e. The average molecular weight is 216 g/mol. The Kier molecular flexibility index (Phi) is 4.38. The van der Waals surface area contributed by atoms with Crippen molar-refractivity contribution in [2.75, 3.05) is 12.4 Å². The molecule has 0 unspecified atom stereocenters. The van der Waals surface area contributed by atoms with Crippen molar-refractivity contribution in [2.24, 2.45) is 0 Å². The van der Waals surface area contributed by atoms with E-state index < -0.39 is 11.9 Å². The van der Waals surface area contributed by atoms with Crippen molar-refractivity contribution >= 4 is 11.8 Å². The number of hydrogen-bond donors (Lipinski definition) is 2. The molecule has 0 fully saturated rings. The second-order valence-electron chi connectivity index (χ2n) is 2.90. The van der Waals surface area contributed by atoms with Crippen molar-refractivity contribution in [1.82, 2.24) is 0 Å². The van der Waals surface area contributed by atoms with Gasteiger partial charge in [-0.05, 0) is 19.1 Å². The van der Waals surface area contributed by atoms with Crippen LogP contribution < -0.4 is 0 Å². The molecule has 0 spiro atoms. The fourth-order valence-corrected chi connectivity index (χ4v) is 2.11. The zero-order valence-corrected chi connectivity index (χ0v) is 8.72. The molecule has 0 saturated heterocycles. The fraction of sp³-hybridized carbons (Fsp3) is 0.400. The lowest BCUT2D eigenvalue weighted by molar-refractivity contribution is 0.191. The van der Waals surface area contributed by atoms with Gasteiger partial charge >= 0.3 is 0 Å². The summed E-state index contributed by atoms with van der Waals surface area (Å²) in [6.07, 6.45) is -0.822. The molecule has 78 valence electrons. The Balaban J connectivity index is 2.96. The van der Waals surface area contributed by atoms with Crippen LogP contribution in [0.25, 0.3) is 0 Å². The van der Waals surface area contributed by atoms with Crippen LogP contribution in [0.3, 0.4) is 0 Å². The van der Waals surface area contributed by atoms with Crippen LogP contribution in [0.2, 0.25) is 0 Å². The molecule has 1 rings (SSSR count). The van der Waals surface area contributed by atoms with E-state index >= 15 is 0 Å². The maximum Gasteiger partial charge on any atom is 0.130 e. The Morgan fingerprint density at radius 1 is 1.50 bits per heavy atom. The highest BCUT2D eigenvalue weighted by molar-refractivity contribution is 7.99. The fourth-order valence-electron chi connectivity index (χ4n) is 1.20. The van der Waals surface area contributed by atoms with Gasteiger partial charge < -0.3 is 10.2 Å². The van der Waals surface area contributed by atoms with Crippen molar-refractivity contribution in [1.29, 1.82) is 0 Å². The standard InChI is InChI=1S/C10H13FO2S/c1-7(13)10-8(11)3-2-4-9(10)14-6-5-12/h2-4,7,12-13H,5-6H2,1H3/t7-/m1/s1. The van der Waals surface area contributed by atoms with E-state index in [9.17, 15) is 9.50 Å². The van der Waals surface area contributed by atoms with Crippen LogP contribution in [0.15, 0.2) is 23.1 Å². The van der Waals surface area contributed by atoms with Gasteiger partial charge in [0.15, 0.2) is 0 Å². The van der Waals surface area contributed by atoms with Crippen molar-refractivity contribution in [3.05, 3.63) is 29.6 Å². The molecule has 0 aliphatic carbocycles. The molecule has 2 N–H and O–H groups in total. The highest BCUT2D eigenvalue weighted by Crippen LogP contribution is 2.29. The summed E-state index contributed by atoms with van der Waals surface area (Å²) in [7, 11) is 0. The number of rotatable bonds is 4. The first-order valence-electron chi connectivity index (χ1n) is 4.37. The van der Waals surface area contributed by atoms with Gasteiger partial charge in [-0.15, -0.1) is 11.8 Å². The molecule has 4 heteroatoms. The number of thioether (sulfide) groups is 1. The first-order chi connectivity index (χ1) is 6.66. The number of hydrogen-bond acceptors (Lipinski definition) is 3. The lowest BCUT2D eigenvalue weighted by Gasteiger charge is -2.11. The van der Waals surface area contributed by atoms with Gasteiger partial charge in [-0.2, -0.15) is 0 Å². The molecular formula is C10H13FO2S. The second kappa shape index (κ2) is 5.34. The maximum atomic E-state index is 13.3. The smallest absolute Gasteiger partial charge is 0.130 e. The number of aliphatic hydroxyl groups excluding tert-OH is 2. The summed E-state index contributed by atoms with van der Waals surface area (Å²) in [5.41, 5.74) is 0.311. The van der Waals surface area contributed by atoms with E-state index in [0.717, 1.165) is 0 Å². The van der Waals surface area contributed by atoms with E-state index in [2.05, 4.69) is 0 Å². The minimum absolute atomic E-state index is 0.0421. The normalized spacial score (nSPS) is 12.9. The van der Waals surface area contributed by atoms with Gasteiger partial charge in [0.1, 0.15) is 5.82 Å². The SMILES string of the molecule is C[C@@H](O)c1c(F)cccc1SCCO. The van der Waals surface area contributed by atoms with E-state index in [1.165, 1.54) is 24.8 Å². The van der Waals surface area contributed by atoms with Gasteiger partial charge in [0.25, 0.3) is 0 Å². The van der Waals surface area contributed by atoms with Crippen molar-refractivity contribution in [3.8, 4) is 0 Å². The molecule has 1 aromatic rings. The second-order valence-corrected chi connectivity index (χ2v) is 4.04. The Morgan fingerprint density at radius 3 is 2.79 bits per heavy atom. The third kappa shape index (κ3) is 2.70. The molecule has 0 saturated carbocycles. The van der Waals surface area contributed by atoms with Crippen LogP contribution in [0.5, 0.6) is 0 Å². The summed E-state index contributed by atoms with van der Waals surface area (Å²) in [4.78, 5) is 0.689. The molecule has 0 heterocycles. The van der Waals surface area contributed by atoms with Gasteiger partial charge in [0.2, 0.25) is 0 Å². The molecular weight excluding hydrogens is 203 g/mol. The summed E-state index contributed by atoms with van der Waals surface area (Å²) in [5, 5.41) is 18.0. The Labute approximate surface area is 86.8 Å². The Hall–Kier alpha value is -0.580. The molecule has 0 radical (unpaired) electrons. The quantitative estimate of drug-likeness (QED) is 0.756. The van der Waals surface area contributed by atoms with Gasteiger partial charge in [-0.25, -0.2) is 4.39 Å². The zero-order valence-electron chi connectivity index (χ0n) is 7.90. The third-order valence-corrected chi connectivity index (χ3v) is 2.83. The first-order valence-corrected chi connectivity index (χ1v) is 5.35. The van der Waals surface area contributed by atoms with Gasteiger partial charge in [0.05, 0.1) is 12.7 Å². The third-order valence-electron chi connectivity index (χ3n) is 1.78. The summed E-state index contributed by atoms with van der Waals surface area (Å²) in [5.74, 6) is 0.103. The minimum atomic E-state index is -0.822. The monoisotopic (exact) mass is 216 g/mol. The van der Waals surface area contributed by atoms with Crippen molar-refractivity contribution in [2.45, 2.75) is 17.9 Å². The topological polar surface area (TPSA) is 40.5 Å². The number of halogens is 1. The molecule has 1 atom stereocenters. The predicted molar refractivity (Wildman–Crippen MR) is 54.8 cm³/mol. The van der Waals surface area contributed by atoms with E-state index in [1.807, 2.05) is 0 Å². The minimum Gasteiger partial charge on any atom is -0.396 e. The van der Waals surface area contributed by atoms with Crippen molar-refractivity contribution in [3.63, 3.8) is 0 Å². The van der Waals surface area contributed by atoms with Crippen LogP contribution in [-0.2, 0) is 0 Å². The van der Waals surface area contributed by atoms with Crippen LogP contribution in [0.4, 0.5) is 4.39 Å². The average Bonchev–Trinajstić information content (AvgIpc) is 2.14. The molecule has 0 aromatic heterocycles. The molecule has 0 bridgehead atoms. The van der Waals surface area contributed by atoms with E-state index in [-0.39, 0.29) is 6.61 Å². The maximum absolute atomic E-state index is 13.3. The Morgan fingerprint density at radius 2 is 2.21 bits per heavy atom. The van der Waals surface area contributed by atoms with Crippen molar-refractivity contribution < 1.29 is 14.6 Å². The zero-order chi connectivity index (χ0) is 10.6. The summed E-state index contributed by atoms with van der Waals surface area (Å²) in [6, 6.07) is 4.66. The van der Waals surface area contributed by atoms with E-state index in [4.69, 9.17) is 5.11 Å². The summed E-state index contributed by atoms with van der Waals surface area (Å²) in [6.45, 7) is 1.57. The van der Waals surface area contributed by atoms with Gasteiger partial charge in [-0.1, -0.05) is 6.07 Å². The van der Waals surface area contributed by atoms with E-state index in [1.54, 1.807) is 12.1 Å². The first kappa shape index (κ1) is 11.5. The van der Waals surface area contributed by atoms with Gasteiger partial charge in [-0.3, -0.25) is 0 Å². The lowest BCUT2D eigenvalue weighted by Crippen LogP contribution is -1.99. The summed E-state index contributed by atoms with van der Waals surface area (Å²) >= 11 is 1.34. The summed E-state index contributed by atoms with van der Waals surface area (Å²) < 4.78 is 13.3. The predicted octanol–water partition coefficient (Wildman–Crippen LogP) is 1.96. The van der Waals surface area contributed by atoms with E-state index in [0.29, 0.717) is 16.2 Å². The van der Waals surface area contributed by atoms with Crippen LogP contribution >= 0.6 is 11.8 Å². The number of aliphatic hydroxyl groups is 2. The molecule has 1 aromatic carbocycles. The van der Waals surface area contributed by atoms with Gasteiger partial charge in [0, 0.05) is 16.2 Å². The lowest BCUT2D eigenvalue weighted by atomic mass is 10.1. The molecule has 14 heavy (non-hydrogen) atoms. The molecule has 0 aliphatic rings. The molecule has 0 aliphatic heterocycles. The van der Waals surface area contributed by atoms with Crippen LogP contribution in [0, 0.1) is 5.82 Å². The van der Waals surface area contributed by atoms with Crippen LogP contribution in [-0.4, -0.2) is 22.6 Å². The molecule has 2 nitrogen and oxygen atoms in total. The molecule has 0 amide bonds. The Bertz CT molecular complexity index is 302. The van der Waals surface area contributed by atoms with Crippen LogP contribution in [0.1, 0.15) is 18.6 Å². The number of benzene rings is 1. The highest BCUT2D eigenvalue weighted by atomic mass is 32.2.